The van der Waals surface area contributed by atoms with Crippen LogP contribution in [0.3, 0.4) is 0 Å². The van der Waals surface area contributed by atoms with Crippen LogP contribution in [0.1, 0.15) is 34.8 Å². The molecule has 0 unspecified atom stereocenters. The zero-order valence-electron chi connectivity index (χ0n) is 17.0. The maximum absolute atomic E-state index is 12.4. The minimum atomic E-state index is -0.833. The van der Waals surface area contributed by atoms with Crippen molar-refractivity contribution in [3.63, 3.8) is 0 Å². The number of imidazole rings is 1. The number of carbonyl (C=O) groups excluding carboxylic acids is 1. The number of carbonyl (C=O) groups is 2. The van der Waals surface area contributed by atoms with Crippen LogP contribution in [0.5, 0.6) is 5.75 Å². The van der Waals surface area contributed by atoms with Crippen molar-refractivity contribution < 1.29 is 19.4 Å². The number of aromatic nitrogens is 2. The van der Waals surface area contributed by atoms with Crippen molar-refractivity contribution in [3.05, 3.63) is 63.6 Å². The molecule has 9 nitrogen and oxygen atoms in total. The number of ether oxygens (including phenoxy) is 1. The lowest BCUT2D eigenvalue weighted by Crippen LogP contribution is -2.22. The van der Waals surface area contributed by atoms with Crippen molar-refractivity contribution >= 4 is 22.9 Å². The van der Waals surface area contributed by atoms with Gasteiger partial charge in [-0.15, -0.1) is 0 Å². The van der Waals surface area contributed by atoms with E-state index in [-0.39, 0.29) is 11.6 Å². The summed E-state index contributed by atoms with van der Waals surface area (Å²) in [6, 6.07) is 10.9. The van der Waals surface area contributed by atoms with Gasteiger partial charge in [0.15, 0.2) is 0 Å². The Balaban J connectivity index is 0.000000735. The fourth-order valence-electron chi connectivity index (χ4n) is 2.64. The minimum absolute atomic E-state index is 0.184. The number of hydrogen-bond acceptors (Lipinski definition) is 5. The topological polar surface area (TPSA) is 150 Å². The van der Waals surface area contributed by atoms with Crippen molar-refractivity contribution in [1.29, 1.82) is 0 Å². The number of fused-ring (bicyclic) bond motifs is 1. The molecular weight excluding hydrogens is 388 g/mol. The zero-order valence-corrected chi connectivity index (χ0v) is 17.0. The molecule has 0 atom stereocenters. The lowest BCUT2D eigenvalue weighted by Gasteiger charge is -2.11. The van der Waals surface area contributed by atoms with Gasteiger partial charge in [0.05, 0.1) is 17.6 Å². The van der Waals surface area contributed by atoms with E-state index in [9.17, 15) is 9.59 Å². The molecular formula is C21H26N4O5. The van der Waals surface area contributed by atoms with Crippen LogP contribution in [0.2, 0.25) is 0 Å². The summed E-state index contributed by atoms with van der Waals surface area (Å²) in [6.07, 6.45) is 0.763. The number of benzene rings is 2. The maximum atomic E-state index is 12.4. The maximum Gasteiger partial charge on any atom is 0.323 e. The second-order valence-corrected chi connectivity index (χ2v) is 6.63. The molecule has 0 aliphatic heterocycles. The number of carboxylic acids is 1. The summed E-state index contributed by atoms with van der Waals surface area (Å²) >= 11 is 0. The summed E-state index contributed by atoms with van der Waals surface area (Å²) in [5, 5.41) is 10.3. The SMILES string of the molecule is CC(=O)O.Cc1ccc(C(=O)NCc2ccc3[nH]c(=O)[nH]c3c2)cc1OCCCN. The largest absolute Gasteiger partial charge is 0.493 e. The molecule has 0 saturated carbocycles. The third kappa shape index (κ3) is 6.78. The van der Waals surface area contributed by atoms with Crippen LogP contribution in [-0.2, 0) is 11.3 Å². The first-order valence-corrected chi connectivity index (χ1v) is 9.42. The van der Waals surface area contributed by atoms with E-state index in [1.54, 1.807) is 12.1 Å². The summed E-state index contributed by atoms with van der Waals surface area (Å²) in [5.41, 5.74) is 9.09. The molecule has 0 bridgehead atoms. The summed E-state index contributed by atoms with van der Waals surface area (Å²) in [7, 11) is 0. The van der Waals surface area contributed by atoms with Crippen LogP contribution in [0.4, 0.5) is 0 Å². The molecule has 0 aliphatic carbocycles. The third-order valence-electron chi connectivity index (χ3n) is 4.09. The Labute approximate surface area is 173 Å². The molecule has 0 radical (unpaired) electrons. The molecule has 160 valence electrons. The van der Waals surface area contributed by atoms with Gasteiger partial charge in [0, 0.05) is 19.0 Å². The molecule has 0 saturated heterocycles. The molecule has 1 aromatic heterocycles. The van der Waals surface area contributed by atoms with E-state index in [2.05, 4.69) is 15.3 Å². The molecule has 9 heteroatoms. The normalized spacial score (nSPS) is 10.2. The molecule has 0 aliphatic rings. The summed E-state index contributed by atoms with van der Waals surface area (Å²) < 4.78 is 5.68. The Hall–Kier alpha value is -3.59. The number of nitrogens with two attached hydrogens (primary N) is 1. The van der Waals surface area contributed by atoms with Crippen LogP contribution >= 0.6 is 0 Å². The lowest BCUT2D eigenvalue weighted by atomic mass is 10.1. The molecule has 1 amide bonds. The molecule has 0 spiro atoms. The Morgan fingerprint density at radius 1 is 1.13 bits per heavy atom. The van der Waals surface area contributed by atoms with E-state index < -0.39 is 5.97 Å². The highest BCUT2D eigenvalue weighted by atomic mass is 16.5. The molecule has 2 aromatic carbocycles. The predicted molar refractivity (Wildman–Crippen MR) is 114 cm³/mol. The van der Waals surface area contributed by atoms with Gasteiger partial charge in [-0.1, -0.05) is 12.1 Å². The zero-order chi connectivity index (χ0) is 22.1. The van der Waals surface area contributed by atoms with Crippen molar-refractivity contribution in [1.82, 2.24) is 15.3 Å². The van der Waals surface area contributed by atoms with Gasteiger partial charge in [-0.3, -0.25) is 9.59 Å². The number of hydrogen-bond donors (Lipinski definition) is 5. The molecule has 3 aromatic rings. The van der Waals surface area contributed by atoms with Crippen LogP contribution < -0.4 is 21.5 Å². The Morgan fingerprint density at radius 2 is 1.83 bits per heavy atom. The highest BCUT2D eigenvalue weighted by molar-refractivity contribution is 5.94. The Kier molecular flexibility index (Phi) is 8.18. The van der Waals surface area contributed by atoms with Crippen molar-refractivity contribution in [2.45, 2.75) is 26.8 Å². The third-order valence-corrected chi connectivity index (χ3v) is 4.09. The molecule has 6 N–H and O–H groups in total. The highest BCUT2D eigenvalue weighted by Crippen LogP contribution is 2.20. The number of amides is 1. The van der Waals surface area contributed by atoms with E-state index in [0.29, 0.717) is 36.5 Å². The fourth-order valence-corrected chi connectivity index (χ4v) is 2.64. The number of nitrogens with one attached hydrogen (secondary N) is 3. The van der Waals surface area contributed by atoms with Crippen LogP contribution in [0.15, 0.2) is 41.2 Å². The molecule has 0 fully saturated rings. The Morgan fingerprint density at radius 3 is 2.53 bits per heavy atom. The van der Waals surface area contributed by atoms with E-state index in [1.807, 2.05) is 31.2 Å². The van der Waals surface area contributed by atoms with Crippen LogP contribution in [0.25, 0.3) is 11.0 Å². The second-order valence-electron chi connectivity index (χ2n) is 6.63. The van der Waals surface area contributed by atoms with Gasteiger partial charge in [0.2, 0.25) is 0 Å². The number of aromatic amines is 2. The summed E-state index contributed by atoms with van der Waals surface area (Å²) in [6.45, 7) is 4.47. The van der Waals surface area contributed by atoms with E-state index in [1.165, 1.54) is 0 Å². The van der Waals surface area contributed by atoms with Gasteiger partial charge in [-0.05, 0) is 55.3 Å². The number of rotatable bonds is 7. The number of aryl methyl sites for hydroxylation is 1. The number of carboxylic acid groups (broad SMARTS) is 1. The van der Waals surface area contributed by atoms with E-state index in [0.717, 1.165) is 30.0 Å². The van der Waals surface area contributed by atoms with Gasteiger partial charge in [0.1, 0.15) is 5.75 Å². The second kappa shape index (κ2) is 10.8. The highest BCUT2D eigenvalue weighted by Gasteiger charge is 2.09. The average molecular weight is 414 g/mol. The van der Waals surface area contributed by atoms with Crippen LogP contribution in [-0.4, -0.2) is 40.1 Å². The van der Waals surface area contributed by atoms with E-state index >= 15 is 0 Å². The van der Waals surface area contributed by atoms with Gasteiger partial charge >= 0.3 is 5.69 Å². The monoisotopic (exact) mass is 414 g/mol. The van der Waals surface area contributed by atoms with Crippen molar-refractivity contribution in [2.75, 3.05) is 13.2 Å². The van der Waals surface area contributed by atoms with E-state index in [4.69, 9.17) is 20.4 Å². The Bertz CT molecular complexity index is 1070. The fraction of sp³-hybridized carbons (Fsp3) is 0.286. The van der Waals surface area contributed by atoms with Gasteiger partial charge in [-0.25, -0.2) is 4.79 Å². The summed E-state index contributed by atoms with van der Waals surface area (Å²) in [5.74, 6) is -0.325. The predicted octanol–water partition coefficient (Wildman–Crippen LogP) is 1.91. The van der Waals surface area contributed by atoms with Crippen molar-refractivity contribution in [3.8, 4) is 5.75 Å². The van der Waals surface area contributed by atoms with Gasteiger partial charge in [0.25, 0.3) is 11.9 Å². The van der Waals surface area contributed by atoms with Gasteiger partial charge < -0.3 is 30.9 Å². The molecule has 3 rings (SSSR count). The van der Waals surface area contributed by atoms with Crippen molar-refractivity contribution in [2.24, 2.45) is 5.73 Å². The smallest absolute Gasteiger partial charge is 0.323 e. The van der Waals surface area contributed by atoms with Gasteiger partial charge in [-0.2, -0.15) is 0 Å². The molecule has 1 heterocycles. The minimum Gasteiger partial charge on any atom is -0.493 e. The van der Waals surface area contributed by atoms with Crippen LogP contribution in [0, 0.1) is 6.92 Å². The molecule has 30 heavy (non-hydrogen) atoms. The summed E-state index contributed by atoms with van der Waals surface area (Å²) in [4.78, 5) is 38.1. The first-order chi connectivity index (χ1) is 14.3. The lowest BCUT2D eigenvalue weighted by molar-refractivity contribution is -0.134. The first-order valence-electron chi connectivity index (χ1n) is 9.42. The quantitative estimate of drug-likeness (QED) is 0.373. The standard InChI is InChI=1S/C19H22N4O3.C2H4O2/c1-12-3-5-14(10-17(12)26-8-2-7-20)18(24)21-11-13-4-6-15-16(9-13)23-19(25)22-15;1-2(3)4/h3-6,9-10H,2,7-8,11,20H2,1H3,(H,21,24)(H2,22,23,25);1H3,(H,3,4). The first kappa shape index (κ1) is 22.7. The number of aliphatic carboxylic acids is 1. The average Bonchev–Trinajstić information content (AvgIpc) is 3.06. The number of H-pyrrole nitrogens is 2.